The van der Waals surface area contributed by atoms with E-state index in [1.807, 2.05) is 12.1 Å². The van der Waals surface area contributed by atoms with Crippen LogP contribution in [-0.2, 0) is 10.0 Å². The van der Waals surface area contributed by atoms with Crippen molar-refractivity contribution in [2.24, 2.45) is 5.73 Å². The lowest BCUT2D eigenvalue weighted by molar-refractivity contribution is 0.0162. The first-order chi connectivity index (χ1) is 9.05. The molecule has 0 spiro atoms. The second-order valence-electron chi connectivity index (χ2n) is 4.58. The molecular formula is C12H20N4O2S. The Labute approximate surface area is 114 Å². The number of hydrogen-bond acceptors (Lipinski definition) is 5. The molecule has 7 heteroatoms. The van der Waals surface area contributed by atoms with Crippen LogP contribution in [0.1, 0.15) is 0 Å². The summed E-state index contributed by atoms with van der Waals surface area (Å²) in [4.78, 5) is 2.44. The fourth-order valence-electron chi connectivity index (χ4n) is 2.10. The van der Waals surface area contributed by atoms with Gasteiger partial charge in [-0.15, -0.1) is 4.41 Å². The van der Waals surface area contributed by atoms with Crippen LogP contribution in [0.3, 0.4) is 0 Å². The molecule has 2 rings (SSSR count). The smallest absolute Gasteiger partial charge is 0.257 e. The first-order valence-electron chi connectivity index (χ1n) is 6.27. The number of benzene rings is 1. The topological polar surface area (TPSA) is 69.9 Å². The zero-order valence-corrected chi connectivity index (χ0v) is 11.9. The highest BCUT2D eigenvalue weighted by Crippen LogP contribution is 2.17. The van der Waals surface area contributed by atoms with Crippen LogP contribution in [0.25, 0.3) is 0 Å². The molecule has 106 valence electrons. The Morgan fingerprint density at radius 2 is 1.74 bits per heavy atom. The molecule has 1 aromatic rings. The highest BCUT2D eigenvalue weighted by Gasteiger charge is 2.30. The summed E-state index contributed by atoms with van der Waals surface area (Å²) in [5.74, 6) is 0. The van der Waals surface area contributed by atoms with Crippen molar-refractivity contribution in [2.45, 2.75) is 4.90 Å². The first kappa shape index (κ1) is 14.4. The Balaban J connectivity index is 2.22. The minimum Gasteiger partial charge on any atom is -0.316 e. The van der Waals surface area contributed by atoms with Crippen molar-refractivity contribution in [1.82, 2.24) is 14.3 Å². The van der Waals surface area contributed by atoms with E-state index in [-0.39, 0.29) is 11.6 Å². The largest absolute Gasteiger partial charge is 0.316 e. The second-order valence-corrected chi connectivity index (χ2v) is 6.42. The minimum absolute atomic E-state index is 0.0407. The normalized spacial score (nSPS) is 18.9. The third-order valence-electron chi connectivity index (χ3n) is 3.27. The summed E-state index contributed by atoms with van der Waals surface area (Å²) < 4.78 is 26.3. The van der Waals surface area contributed by atoms with Crippen LogP contribution in [0.4, 0.5) is 0 Å². The minimum atomic E-state index is -3.55. The lowest BCUT2D eigenvalue weighted by atomic mass is 10.4. The lowest BCUT2D eigenvalue weighted by Crippen LogP contribution is -2.56. The maximum absolute atomic E-state index is 12.5. The fourth-order valence-corrected chi connectivity index (χ4v) is 3.51. The summed E-state index contributed by atoms with van der Waals surface area (Å²) in [6.07, 6.45) is 0. The lowest BCUT2D eigenvalue weighted by Gasteiger charge is -2.38. The van der Waals surface area contributed by atoms with Crippen LogP contribution in [0, 0.1) is 0 Å². The number of rotatable bonds is 4. The summed E-state index contributed by atoms with van der Waals surface area (Å²) in [6.45, 7) is 2.96. The summed E-state index contributed by atoms with van der Waals surface area (Å²) in [6, 6.07) is 8.40. The highest BCUT2D eigenvalue weighted by atomic mass is 32.2. The van der Waals surface area contributed by atoms with Gasteiger partial charge < -0.3 is 10.6 Å². The molecular weight excluding hydrogens is 264 g/mol. The Bertz CT molecular complexity index is 498. The van der Waals surface area contributed by atoms with Gasteiger partial charge in [-0.1, -0.05) is 18.2 Å². The molecule has 1 aliphatic heterocycles. The maximum atomic E-state index is 12.5. The number of sulfonamides is 1. The van der Waals surface area contributed by atoms with Gasteiger partial charge in [0.1, 0.15) is 0 Å². The first-order valence-corrected chi connectivity index (χ1v) is 7.71. The number of hydrazine groups is 1. The van der Waals surface area contributed by atoms with Gasteiger partial charge in [0.15, 0.2) is 0 Å². The van der Waals surface area contributed by atoms with Gasteiger partial charge in [-0.3, -0.25) is 0 Å². The number of piperazine rings is 1. The summed E-state index contributed by atoms with van der Waals surface area (Å²) in [5, 5.41) is 1.81. The molecule has 0 bridgehead atoms. The van der Waals surface area contributed by atoms with Crippen molar-refractivity contribution >= 4 is 10.0 Å². The number of nitrogens with zero attached hydrogens (tertiary/aromatic N) is 3. The Kier molecular flexibility index (Phi) is 4.54. The molecule has 1 heterocycles. The molecule has 2 N–H and O–H groups in total. The van der Waals surface area contributed by atoms with Crippen LogP contribution in [0.5, 0.6) is 0 Å². The molecule has 0 saturated carbocycles. The monoisotopic (exact) mass is 284 g/mol. The zero-order valence-electron chi connectivity index (χ0n) is 11.1. The number of hydrogen-bond donors (Lipinski definition) is 1. The fraction of sp³-hybridized carbons (Fsp3) is 0.500. The van der Waals surface area contributed by atoms with Crippen LogP contribution < -0.4 is 5.73 Å². The van der Waals surface area contributed by atoms with Crippen LogP contribution in [0.2, 0.25) is 0 Å². The van der Waals surface area contributed by atoms with E-state index < -0.39 is 10.0 Å². The van der Waals surface area contributed by atoms with Crippen molar-refractivity contribution < 1.29 is 8.42 Å². The molecule has 0 atom stereocenters. The quantitative estimate of drug-likeness (QED) is 0.773. The predicted molar refractivity (Wildman–Crippen MR) is 73.6 cm³/mol. The predicted octanol–water partition coefficient (Wildman–Crippen LogP) is -0.244. The standard InChI is InChI=1S/C12H20N4O2S/c1-14-7-9-15(10-8-14)16(11-13)19(17,18)12-5-3-2-4-6-12/h2-6H,7-11,13H2,1H3. The van der Waals surface area contributed by atoms with Gasteiger partial charge in [-0.2, -0.15) is 0 Å². The van der Waals surface area contributed by atoms with Crippen molar-refractivity contribution in [1.29, 1.82) is 0 Å². The third kappa shape index (κ3) is 3.13. The van der Waals surface area contributed by atoms with Crippen molar-refractivity contribution in [2.75, 3.05) is 39.9 Å². The third-order valence-corrected chi connectivity index (χ3v) is 5.07. The van der Waals surface area contributed by atoms with Crippen LogP contribution in [-0.4, -0.2) is 62.6 Å². The molecule has 0 amide bonds. The van der Waals surface area contributed by atoms with E-state index >= 15 is 0 Å². The number of likely N-dealkylation sites (N-methyl/N-ethyl adjacent to an activating group) is 1. The van der Waals surface area contributed by atoms with E-state index in [4.69, 9.17) is 5.73 Å². The van der Waals surface area contributed by atoms with Gasteiger partial charge in [-0.25, -0.2) is 13.4 Å². The van der Waals surface area contributed by atoms with E-state index in [0.717, 1.165) is 13.1 Å². The van der Waals surface area contributed by atoms with Crippen LogP contribution >= 0.6 is 0 Å². The summed E-state index contributed by atoms with van der Waals surface area (Å²) in [5.41, 5.74) is 5.65. The molecule has 6 nitrogen and oxygen atoms in total. The van der Waals surface area contributed by atoms with Gasteiger partial charge in [-0.05, 0) is 19.2 Å². The molecule has 1 aromatic carbocycles. The SMILES string of the molecule is CN1CCN(N(CN)S(=O)(=O)c2ccccc2)CC1. The Morgan fingerprint density at radius 1 is 1.16 bits per heavy atom. The number of nitrogens with two attached hydrogens (primary N) is 1. The highest BCUT2D eigenvalue weighted by molar-refractivity contribution is 7.89. The van der Waals surface area contributed by atoms with E-state index in [1.165, 1.54) is 4.41 Å². The van der Waals surface area contributed by atoms with E-state index in [9.17, 15) is 8.42 Å². The Morgan fingerprint density at radius 3 is 2.26 bits per heavy atom. The van der Waals surface area contributed by atoms with Gasteiger partial charge in [0.2, 0.25) is 0 Å². The van der Waals surface area contributed by atoms with Gasteiger partial charge >= 0.3 is 0 Å². The molecule has 1 aliphatic rings. The van der Waals surface area contributed by atoms with Gasteiger partial charge in [0.05, 0.1) is 11.6 Å². The van der Waals surface area contributed by atoms with Crippen LogP contribution in [0.15, 0.2) is 35.2 Å². The second kappa shape index (κ2) is 5.98. The zero-order chi connectivity index (χ0) is 13.9. The molecule has 0 aromatic heterocycles. The summed E-state index contributed by atoms with van der Waals surface area (Å²) in [7, 11) is -1.53. The molecule has 1 fully saturated rings. The average molecular weight is 284 g/mol. The average Bonchev–Trinajstić information content (AvgIpc) is 2.42. The molecule has 0 aliphatic carbocycles. The van der Waals surface area contributed by atoms with Crippen molar-refractivity contribution in [3.63, 3.8) is 0 Å². The van der Waals surface area contributed by atoms with Gasteiger partial charge in [0.25, 0.3) is 10.0 Å². The Hall–Kier alpha value is -0.990. The molecule has 1 saturated heterocycles. The van der Waals surface area contributed by atoms with E-state index in [2.05, 4.69) is 4.90 Å². The van der Waals surface area contributed by atoms with Crippen molar-refractivity contribution in [3.05, 3.63) is 30.3 Å². The molecule has 0 unspecified atom stereocenters. The van der Waals surface area contributed by atoms with Gasteiger partial charge in [0, 0.05) is 26.2 Å². The molecule has 0 radical (unpaired) electrons. The van der Waals surface area contributed by atoms with E-state index in [0.29, 0.717) is 13.1 Å². The summed E-state index contributed by atoms with van der Waals surface area (Å²) >= 11 is 0. The molecule has 19 heavy (non-hydrogen) atoms. The van der Waals surface area contributed by atoms with E-state index in [1.54, 1.807) is 30.3 Å². The van der Waals surface area contributed by atoms with Crippen molar-refractivity contribution in [3.8, 4) is 0 Å². The maximum Gasteiger partial charge on any atom is 0.257 e.